The summed E-state index contributed by atoms with van der Waals surface area (Å²) in [7, 11) is 0. The first kappa shape index (κ1) is 16.8. The van der Waals surface area contributed by atoms with Crippen LogP contribution in [0, 0.1) is 0 Å². The van der Waals surface area contributed by atoms with E-state index in [1.165, 1.54) is 19.3 Å². The predicted molar refractivity (Wildman–Crippen MR) is 91.1 cm³/mol. The molecule has 138 valence electrons. The van der Waals surface area contributed by atoms with Gasteiger partial charge in [-0.05, 0) is 38.5 Å². The average Bonchev–Trinajstić information content (AvgIpc) is 3.29. The number of nitrogens with one attached hydrogen (secondary N) is 1. The summed E-state index contributed by atoms with van der Waals surface area (Å²) in [5, 5.41) is 7.11. The van der Waals surface area contributed by atoms with Crippen LogP contribution in [-0.4, -0.2) is 46.4 Å². The maximum absolute atomic E-state index is 12.7. The molecule has 4 rings (SSSR count). The molecule has 0 bridgehead atoms. The Morgan fingerprint density at radius 1 is 1.16 bits per heavy atom. The zero-order valence-electron chi connectivity index (χ0n) is 14.8. The summed E-state index contributed by atoms with van der Waals surface area (Å²) in [5.74, 6) is 1.74. The van der Waals surface area contributed by atoms with Gasteiger partial charge in [0.15, 0.2) is 5.82 Å². The molecule has 1 spiro atoms. The molecule has 3 heterocycles. The molecule has 2 aliphatic heterocycles. The topological polar surface area (TPSA) is 80.5 Å². The van der Waals surface area contributed by atoms with Crippen molar-refractivity contribution in [2.45, 2.75) is 75.8 Å². The van der Waals surface area contributed by atoms with E-state index in [4.69, 9.17) is 9.26 Å². The Morgan fingerprint density at radius 2 is 1.96 bits per heavy atom. The number of likely N-dealkylation sites (tertiary alicyclic amines) is 1. The van der Waals surface area contributed by atoms with Gasteiger partial charge >= 0.3 is 6.03 Å². The van der Waals surface area contributed by atoms with Crippen molar-refractivity contribution >= 4 is 6.03 Å². The number of aromatic nitrogens is 2. The average molecular weight is 348 g/mol. The molecule has 0 unspecified atom stereocenters. The Bertz CT molecular complexity index is 591. The third-order valence-electron chi connectivity index (χ3n) is 6.11. The van der Waals surface area contributed by atoms with Gasteiger partial charge in [0.05, 0.1) is 6.54 Å². The van der Waals surface area contributed by atoms with Crippen molar-refractivity contribution in [2.75, 3.05) is 19.8 Å². The first-order chi connectivity index (χ1) is 12.3. The number of carbonyl (C=O) groups excluding carboxylic acids is 1. The van der Waals surface area contributed by atoms with Gasteiger partial charge < -0.3 is 19.5 Å². The zero-order valence-corrected chi connectivity index (χ0v) is 14.8. The third kappa shape index (κ3) is 3.52. The van der Waals surface area contributed by atoms with Crippen molar-refractivity contribution in [1.29, 1.82) is 0 Å². The van der Waals surface area contributed by atoms with Crippen LogP contribution >= 0.6 is 0 Å². The van der Waals surface area contributed by atoms with Crippen molar-refractivity contribution in [1.82, 2.24) is 20.4 Å². The van der Waals surface area contributed by atoms with E-state index < -0.39 is 0 Å². The fourth-order valence-corrected chi connectivity index (χ4v) is 4.64. The molecule has 3 fully saturated rings. The number of hydrogen-bond donors (Lipinski definition) is 1. The zero-order chi connectivity index (χ0) is 17.1. The van der Waals surface area contributed by atoms with Crippen molar-refractivity contribution in [3.05, 3.63) is 11.7 Å². The minimum Gasteiger partial charge on any atom is -0.381 e. The van der Waals surface area contributed by atoms with Gasteiger partial charge in [-0.1, -0.05) is 24.4 Å². The molecular formula is C18H28N4O3. The number of amides is 2. The van der Waals surface area contributed by atoms with E-state index in [0.717, 1.165) is 64.1 Å². The van der Waals surface area contributed by atoms with Crippen molar-refractivity contribution in [2.24, 2.45) is 0 Å². The van der Waals surface area contributed by atoms with Crippen molar-refractivity contribution in [3.63, 3.8) is 0 Å². The van der Waals surface area contributed by atoms with Gasteiger partial charge in [0, 0.05) is 31.2 Å². The number of hydrogen-bond acceptors (Lipinski definition) is 5. The van der Waals surface area contributed by atoms with E-state index >= 15 is 0 Å². The van der Waals surface area contributed by atoms with E-state index in [1.807, 2.05) is 4.90 Å². The highest BCUT2D eigenvalue weighted by Crippen LogP contribution is 2.37. The first-order valence-electron chi connectivity index (χ1n) is 9.73. The Kier molecular flexibility index (Phi) is 4.92. The lowest BCUT2D eigenvalue weighted by molar-refractivity contribution is 0.00684. The normalized spacial score (nSPS) is 23.9. The van der Waals surface area contributed by atoms with Gasteiger partial charge in [-0.3, -0.25) is 0 Å². The SMILES string of the molecule is O=C(NCc1nc(C2CCCCC2)no1)N1CCCC12CCOCC2. The second-order valence-corrected chi connectivity index (χ2v) is 7.63. The van der Waals surface area contributed by atoms with E-state index in [1.54, 1.807) is 0 Å². The molecule has 1 aliphatic carbocycles. The molecule has 7 nitrogen and oxygen atoms in total. The van der Waals surface area contributed by atoms with Crippen LogP contribution in [0.4, 0.5) is 4.79 Å². The molecule has 1 aromatic heterocycles. The standard InChI is InChI=1S/C18H28N4O3/c23-17(22-10-4-7-18(22)8-11-24-12-9-18)19-13-15-20-16(21-25-15)14-5-2-1-3-6-14/h14H,1-13H2,(H,19,23). The largest absolute Gasteiger partial charge is 0.381 e. The van der Waals surface area contributed by atoms with Gasteiger partial charge in [-0.25, -0.2) is 4.79 Å². The fourth-order valence-electron chi connectivity index (χ4n) is 4.64. The lowest BCUT2D eigenvalue weighted by Crippen LogP contribution is -2.53. The van der Waals surface area contributed by atoms with Gasteiger partial charge in [0.1, 0.15) is 0 Å². The fraction of sp³-hybridized carbons (Fsp3) is 0.833. The molecule has 0 aromatic carbocycles. The van der Waals surface area contributed by atoms with Crippen LogP contribution in [0.25, 0.3) is 0 Å². The second kappa shape index (κ2) is 7.32. The lowest BCUT2D eigenvalue weighted by atomic mass is 9.87. The second-order valence-electron chi connectivity index (χ2n) is 7.63. The number of carbonyl (C=O) groups is 1. The molecule has 1 saturated carbocycles. The lowest BCUT2D eigenvalue weighted by Gasteiger charge is -2.41. The highest BCUT2D eigenvalue weighted by Gasteiger charge is 2.44. The van der Waals surface area contributed by atoms with Crippen LogP contribution in [0.3, 0.4) is 0 Å². The quantitative estimate of drug-likeness (QED) is 0.908. The maximum atomic E-state index is 12.7. The number of urea groups is 1. The van der Waals surface area contributed by atoms with Crippen molar-refractivity contribution in [3.8, 4) is 0 Å². The van der Waals surface area contributed by atoms with Crippen LogP contribution in [0.5, 0.6) is 0 Å². The highest BCUT2D eigenvalue weighted by molar-refractivity contribution is 5.75. The Hall–Kier alpha value is -1.63. The molecule has 1 N–H and O–H groups in total. The molecule has 25 heavy (non-hydrogen) atoms. The Labute approximate surface area is 148 Å². The minimum atomic E-state index is -0.0168. The summed E-state index contributed by atoms with van der Waals surface area (Å²) >= 11 is 0. The van der Waals surface area contributed by atoms with Crippen LogP contribution in [-0.2, 0) is 11.3 Å². The van der Waals surface area contributed by atoms with Gasteiger partial charge in [0.25, 0.3) is 0 Å². The Balaban J connectivity index is 1.33. The predicted octanol–water partition coefficient (Wildman–Crippen LogP) is 2.97. The third-order valence-corrected chi connectivity index (χ3v) is 6.11. The van der Waals surface area contributed by atoms with Crippen LogP contribution in [0.2, 0.25) is 0 Å². The Morgan fingerprint density at radius 3 is 2.76 bits per heavy atom. The van der Waals surface area contributed by atoms with Gasteiger partial charge in [-0.15, -0.1) is 0 Å². The number of rotatable bonds is 3. The molecule has 3 aliphatic rings. The van der Waals surface area contributed by atoms with Gasteiger partial charge in [-0.2, -0.15) is 4.98 Å². The molecule has 1 aromatic rings. The molecule has 7 heteroatoms. The molecule has 0 radical (unpaired) electrons. The molecule has 0 atom stereocenters. The summed E-state index contributed by atoms with van der Waals surface area (Å²) in [4.78, 5) is 19.2. The number of ether oxygens (including phenoxy) is 1. The molecular weight excluding hydrogens is 320 g/mol. The smallest absolute Gasteiger partial charge is 0.318 e. The van der Waals surface area contributed by atoms with E-state index in [0.29, 0.717) is 18.4 Å². The summed E-state index contributed by atoms with van der Waals surface area (Å²) in [6, 6.07) is -0.0168. The summed E-state index contributed by atoms with van der Waals surface area (Å²) < 4.78 is 10.8. The molecule has 2 amide bonds. The van der Waals surface area contributed by atoms with Crippen LogP contribution in [0.15, 0.2) is 4.52 Å². The van der Waals surface area contributed by atoms with E-state index in [2.05, 4.69) is 15.5 Å². The monoisotopic (exact) mass is 348 g/mol. The highest BCUT2D eigenvalue weighted by atomic mass is 16.5. The van der Waals surface area contributed by atoms with Crippen LogP contribution < -0.4 is 5.32 Å². The summed E-state index contributed by atoms with van der Waals surface area (Å²) in [6.45, 7) is 2.63. The summed E-state index contributed by atoms with van der Waals surface area (Å²) in [6.07, 6.45) is 10.1. The van der Waals surface area contributed by atoms with Gasteiger partial charge in [0.2, 0.25) is 5.89 Å². The minimum absolute atomic E-state index is 0.00949. The first-order valence-corrected chi connectivity index (χ1v) is 9.73. The van der Waals surface area contributed by atoms with E-state index in [9.17, 15) is 4.79 Å². The number of nitrogens with zero attached hydrogens (tertiary/aromatic N) is 3. The van der Waals surface area contributed by atoms with Crippen LogP contribution in [0.1, 0.15) is 75.4 Å². The summed E-state index contributed by atoms with van der Waals surface area (Å²) in [5.41, 5.74) is -0.00949. The molecule has 2 saturated heterocycles. The maximum Gasteiger partial charge on any atom is 0.318 e. The van der Waals surface area contributed by atoms with E-state index in [-0.39, 0.29) is 11.6 Å². The van der Waals surface area contributed by atoms with Crippen molar-refractivity contribution < 1.29 is 14.1 Å².